The molecule has 0 aliphatic carbocycles. The summed E-state index contributed by atoms with van der Waals surface area (Å²) < 4.78 is 10.7. The van der Waals surface area contributed by atoms with Gasteiger partial charge in [0.2, 0.25) is 5.89 Å². The van der Waals surface area contributed by atoms with Gasteiger partial charge in [0, 0.05) is 18.7 Å². The maximum atomic E-state index is 5.40. The van der Waals surface area contributed by atoms with E-state index in [1.165, 1.54) is 5.56 Å². The Morgan fingerprint density at radius 1 is 1.42 bits per heavy atom. The normalized spacial score (nSPS) is 17.2. The van der Waals surface area contributed by atoms with Crippen molar-refractivity contribution in [2.45, 2.75) is 32.4 Å². The van der Waals surface area contributed by atoms with Crippen molar-refractivity contribution in [2.75, 3.05) is 11.9 Å². The Morgan fingerprint density at radius 2 is 2.32 bits per heavy atom. The predicted octanol–water partition coefficient (Wildman–Crippen LogP) is 2.71. The average Bonchev–Trinajstić information content (AvgIpc) is 3.04. The van der Waals surface area contributed by atoms with E-state index in [-0.39, 0.29) is 6.04 Å². The zero-order chi connectivity index (χ0) is 13.1. The summed E-state index contributed by atoms with van der Waals surface area (Å²) in [5.41, 5.74) is 2.43. The lowest BCUT2D eigenvalue weighted by Crippen LogP contribution is -2.06. The highest BCUT2D eigenvalue weighted by Gasteiger charge is 2.26. The van der Waals surface area contributed by atoms with Crippen LogP contribution in [0.2, 0.25) is 0 Å². The smallest absolute Gasteiger partial charge is 0.249 e. The fraction of sp³-hybridized carbons (Fsp3) is 0.429. The van der Waals surface area contributed by atoms with Gasteiger partial charge >= 0.3 is 0 Å². The topological polar surface area (TPSA) is 60.2 Å². The number of fused-ring (bicyclic) bond motifs is 1. The van der Waals surface area contributed by atoms with Crippen molar-refractivity contribution >= 4 is 5.69 Å². The van der Waals surface area contributed by atoms with Crippen molar-refractivity contribution < 1.29 is 9.26 Å². The van der Waals surface area contributed by atoms with Gasteiger partial charge in [0.05, 0.1) is 0 Å². The van der Waals surface area contributed by atoms with Crippen LogP contribution in [0, 0.1) is 0 Å². The van der Waals surface area contributed by atoms with E-state index in [9.17, 15) is 0 Å². The molecule has 2 aromatic rings. The van der Waals surface area contributed by atoms with Gasteiger partial charge in [-0.25, -0.2) is 0 Å². The van der Waals surface area contributed by atoms with E-state index in [0.717, 1.165) is 25.1 Å². The van der Waals surface area contributed by atoms with Crippen molar-refractivity contribution in [1.29, 1.82) is 0 Å². The molecular formula is C14H17N3O2. The van der Waals surface area contributed by atoms with Crippen LogP contribution >= 0.6 is 0 Å². The first-order chi connectivity index (χ1) is 9.36. The first-order valence-electron chi connectivity index (χ1n) is 6.61. The third-order valence-electron chi connectivity index (χ3n) is 3.13. The number of anilines is 1. The van der Waals surface area contributed by atoms with Gasteiger partial charge < -0.3 is 14.6 Å². The molecule has 0 spiro atoms. The molecule has 2 heterocycles. The molecule has 0 bridgehead atoms. The third kappa shape index (κ3) is 2.61. The van der Waals surface area contributed by atoms with Gasteiger partial charge in [-0.3, -0.25) is 0 Å². The van der Waals surface area contributed by atoms with Crippen LogP contribution in [-0.2, 0) is 17.8 Å². The molecule has 1 aliphatic heterocycles. The average molecular weight is 259 g/mol. The Labute approximate surface area is 112 Å². The molecule has 0 fully saturated rings. The lowest BCUT2D eigenvalue weighted by atomic mass is 10.1. The van der Waals surface area contributed by atoms with E-state index in [4.69, 9.17) is 9.26 Å². The summed E-state index contributed by atoms with van der Waals surface area (Å²) in [7, 11) is 0. The number of aromatic nitrogens is 2. The molecule has 0 saturated carbocycles. The molecule has 100 valence electrons. The van der Waals surface area contributed by atoms with Crippen LogP contribution in [0.1, 0.15) is 36.7 Å². The Balaban J connectivity index is 1.65. The van der Waals surface area contributed by atoms with E-state index >= 15 is 0 Å². The van der Waals surface area contributed by atoms with Gasteiger partial charge in [-0.05, 0) is 18.1 Å². The third-order valence-corrected chi connectivity index (χ3v) is 3.13. The van der Waals surface area contributed by atoms with Gasteiger partial charge in [0.15, 0.2) is 5.82 Å². The van der Waals surface area contributed by atoms with Gasteiger partial charge in [-0.15, -0.1) is 0 Å². The van der Waals surface area contributed by atoms with Crippen LogP contribution in [-0.4, -0.2) is 16.7 Å². The highest BCUT2D eigenvalue weighted by molar-refractivity contribution is 5.56. The molecule has 0 saturated heterocycles. The van der Waals surface area contributed by atoms with Crippen LogP contribution in [0.5, 0.6) is 0 Å². The summed E-state index contributed by atoms with van der Waals surface area (Å²) in [6.07, 6.45) is 1.87. The first kappa shape index (κ1) is 12.2. The van der Waals surface area contributed by atoms with Crippen molar-refractivity contribution in [3.8, 4) is 0 Å². The summed E-state index contributed by atoms with van der Waals surface area (Å²) in [4.78, 5) is 4.38. The number of rotatable bonds is 5. The standard InChI is InChI=1S/C14H17N3O2/c1-2-7-18-9-13-16-14(19-17-13)12-8-10-5-3-4-6-11(10)15-12/h3-6,12,15H,2,7-9H2,1H3/t12-/m0/s1. The van der Waals surface area contributed by atoms with E-state index in [1.807, 2.05) is 12.1 Å². The van der Waals surface area contributed by atoms with E-state index < -0.39 is 0 Å². The Morgan fingerprint density at radius 3 is 3.16 bits per heavy atom. The molecule has 1 atom stereocenters. The SMILES string of the molecule is CCCOCc1noc([C@@H]2Cc3ccccc3N2)n1. The molecule has 1 aromatic heterocycles. The monoisotopic (exact) mass is 259 g/mol. The van der Waals surface area contributed by atoms with Crippen molar-refractivity contribution in [3.05, 3.63) is 41.5 Å². The Bertz CT molecular complexity index is 528. The zero-order valence-corrected chi connectivity index (χ0v) is 10.9. The lowest BCUT2D eigenvalue weighted by Gasteiger charge is -2.04. The maximum absolute atomic E-state index is 5.40. The Kier molecular flexibility index (Phi) is 3.46. The number of para-hydroxylation sites is 1. The quantitative estimate of drug-likeness (QED) is 0.836. The molecular weight excluding hydrogens is 242 g/mol. The second-order valence-corrected chi connectivity index (χ2v) is 4.66. The summed E-state index contributed by atoms with van der Waals surface area (Å²) >= 11 is 0. The van der Waals surface area contributed by atoms with Crippen LogP contribution in [0.3, 0.4) is 0 Å². The highest BCUT2D eigenvalue weighted by Crippen LogP contribution is 2.32. The van der Waals surface area contributed by atoms with Gasteiger partial charge in [0.25, 0.3) is 0 Å². The summed E-state index contributed by atoms with van der Waals surface area (Å²) in [5, 5.41) is 7.34. The molecule has 5 heteroatoms. The number of benzene rings is 1. The minimum Gasteiger partial charge on any atom is -0.373 e. The Hall–Kier alpha value is -1.88. The van der Waals surface area contributed by atoms with Crippen LogP contribution in [0.4, 0.5) is 5.69 Å². The molecule has 0 amide bonds. The number of hydrogen-bond acceptors (Lipinski definition) is 5. The molecule has 1 aliphatic rings. The zero-order valence-electron chi connectivity index (χ0n) is 10.9. The number of nitrogens with one attached hydrogen (secondary N) is 1. The number of nitrogens with zero attached hydrogens (tertiary/aromatic N) is 2. The summed E-state index contributed by atoms with van der Waals surface area (Å²) in [6.45, 7) is 3.20. The molecule has 1 aromatic carbocycles. The van der Waals surface area contributed by atoms with Crippen LogP contribution in [0.15, 0.2) is 28.8 Å². The number of hydrogen-bond donors (Lipinski definition) is 1. The van der Waals surface area contributed by atoms with Crippen molar-refractivity contribution in [2.24, 2.45) is 0 Å². The predicted molar refractivity (Wildman–Crippen MR) is 70.8 cm³/mol. The second kappa shape index (κ2) is 5.40. The van der Waals surface area contributed by atoms with Crippen LogP contribution < -0.4 is 5.32 Å². The molecule has 1 N–H and O–H groups in total. The molecule has 3 rings (SSSR count). The lowest BCUT2D eigenvalue weighted by molar-refractivity contribution is 0.114. The minimum absolute atomic E-state index is 0.0739. The largest absolute Gasteiger partial charge is 0.373 e. The molecule has 19 heavy (non-hydrogen) atoms. The van der Waals surface area contributed by atoms with E-state index in [1.54, 1.807) is 0 Å². The fourth-order valence-corrected chi connectivity index (χ4v) is 2.22. The summed E-state index contributed by atoms with van der Waals surface area (Å²) in [6, 6.07) is 8.32. The van der Waals surface area contributed by atoms with E-state index in [2.05, 4.69) is 34.5 Å². The van der Waals surface area contributed by atoms with Crippen molar-refractivity contribution in [1.82, 2.24) is 10.1 Å². The van der Waals surface area contributed by atoms with Gasteiger partial charge in [-0.1, -0.05) is 30.3 Å². The number of ether oxygens (including phenoxy) is 1. The van der Waals surface area contributed by atoms with Crippen molar-refractivity contribution in [3.63, 3.8) is 0 Å². The molecule has 0 unspecified atom stereocenters. The highest BCUT2D eigenvalue weighted by atomic mass is 16.5. The van der Waals surface area contributed by atoms with Gasteiger partial charge in [-0.2, -0.15) is 4.98 Å². The maximum Gasteiger partial charge on any atom is 0.249 e. The van der Waals surface area contributed by atoms with Gasteiger partial charge in [0.1, 0.15) is 12.6 Å². The summed E-state index contributed by atoms with van der Waals surface area (Å²) in [5.74, 6) is 1.24. The fourth-order valence-electron chi connectivity index (χ4n) is 2.22. The minimum atomic E-state index is 0.0739. The molecule has 0 radical (unpaired) electrons. The first-order valence-corrected chi connectivity index (χ1v) is 6.61. The van der Waals surface area contributed by atoms with E-state index in [0.29, 0.717) is 18.3 Å². The molecule has 5 nitrogen and oxygen atoms in total. The van der Waals surface area contributed by atoms with Crippen LogP contribution in [0.25, 0.3) is 0 Å². The second-order valence-electron chi connectivity index (χ2n) is 4.66.